The largest absolute Gasteiger partial charge is 0.513 e. The predicted octanol–water partition coefficient (Wildman–Crippen LogP) is 3.44. The highest BCUT2D eigenvalue weighted by Gasteiger charge is 2.33. The smallest absolute Gasteiger partial charge is 0.437 e. The number of ether oxygens (including phenoxy) is 2. The number of halogens is 3. The summed E-state index contributed by atoms with van der Waals surface area (Å²) >= 11 is 0. The first-order chi connectivity index (χ1) is 8.74. The van der Waals surface area contributed by atoms with Crippen LogP contribution in [-0.4, -0.2) is 18.2 Å². The van der Waals surface area contributed by atoms with Crippen molar-refractivity contribution in [3.63, 3.8) is 0 Å². The molecule has 0 radical (unpaired) electrons. The second-order valence-corrected chi connectivity index (χ2v) is 4.29. The Morgan fingerprint density at radius 3 is 2.47 bits per heavy atom. The summed E-state index contributed by atoms with van der Waals surface area (Å²) in [5.74, 6) is 0.0459. The number of aromatic nitrogens is 1. The second kappa shape index (κ2) is 5.90. The molecule has 0 saturated carbocycles. The lowest BCUT2D eigenvalue weighted by atomic mass is 10.1. The summed E-state index contributed by atoms with van der Waals surface area (Å²) < 4.78 is 46.8. The highest BCUT2D eigenvalue weighted by atomic mass is 19.4. The third-order valence-corrected chi connectivity index (χ3v) is 2.18. The number of pyridine rings is 1. The molecule has 0 saturated heterocycles. The molecule has 1 rings (SSSR count). The maximum Gasteiger partial charge on any atom is 0.513 e. The number of hydrogen-bond donors (Lipinski definition) is 0. The van der Waals surface area contributed by atoms with E-state index in [0.717, 1.165) is 19.2 Å². The molecule has 0 aromatic carbocycles. The number of methoxy groups -OCH3 is 1. The van der Waals surface area contributed by atoms with Crippen LogP contribution in [0, 0.1) is 5.92 Å². The van der Waals surface area contributed by atoms with Crippen molar-refractivity contribution < 1.29 is 27.4 Å². The highest BCUT2D eigenvalue weighted by Crippen LogP contribution is 2.30. The van der Waals surface area contributed by atoms with E-state index in [1.54, 1.807) is 0 Å². The van der Waals surface area contributed by atoms with Crippen LogP contribution in [0.2, 0.25) is 0 Å². The van der Waals surface area contributed by atoms with E-state index in [1.165, 1.54) is 0 Å². The number of hydrogen-bond acceptors (Lipinski definition) is 4. The fourth-order valence-electron chi connectivity index (χ4n) is 1.40. The van der Waals surface area contributed by atoms with Gasteiger partial charge < -0.3 is 9.47 Å². The summed E-state index contributed by atoms with van der Waals surface area (Å²) in [5, 5.41) is 0. The second-order valence-electron chi connectivity index (χ2n) is 4.29. The Bertz CT molecular complexity index is 458. The SMILES string of the molecule is COC(=O)Oc1ccc(C(F)(F)F)nc1CC(C)C. The maximum atomic E-state index is 12.6. The third kappa shape index (κ3) is 4.42. The van der Waals surface area contributed by atoms with Gasteiger partial charge in [-0.1, -0.05) is 13.8 Å². The van der Waals surface area contributed by atoms with Crippen molar-refractivity contribution in [2.24, 2.45) is 5.92 Å². The number of rotatable bonds is 3. The van der Waals surface area contributed by atoms with Gasteiger partial charge in [0.15, 0.2) is 5.75 Å². The molecule has 0 N–H and O–H groups in total. The Morgan fingerprint density at radius 1 is 1.37 bits per heavy atom. The Kier molecular flexibility index (Phi) is 4.74. The number of nitrogens with zero attached hydrogens (tertiary/aromatic N) is 1. The van der Waals surface area contributed by atoms with E-state index in [9.17, 15) is 18.0 Å². The van der Waals surface area contributed by atoms with Gasteiger partial charge in [0.05, 0.1) is 12.8 Å². The molecule has 1 heterocycles. The quantitative estimate of drug-likeness (QED) is 0.794. The molecule has 0 fully saturated rings. The average molecular weight is 277 g/mol. The van der Waals surface area contributed by atoms with Crippen molar-refractivity contribution in [2.45, 2.75) is 26.4 Å². The number of carbonyl (C=O) groups is 1. The van der Waals surface area contributed by atoms with E-state index in [4.69, 9.17) is 4.74 Å². The van der Waals surface area contributed by atoms with Gasteiger partial charge in [-0.2, -0.15) is 13.2 Å². The van der Waals surface area contributed by atoms with E-state index in [0.29, 0.717) is 0 Å². The average Bonchev–Trinajstić information content (AvgIpc) is 2.29. The topological polar surface area (TPSA) is 48.4 Å². The van der Waals surface area contributed by atoms with E-state index < -0.39 is 18.0 Å². The first-order valence-corrected chi connectivity index (χ1v) is 5.57. The summed E-state index contributed by atoms with van der Waals surface area (Å²) in [7, 11) is 1.11. The zero-order valence-electron chi connectivity index (χ0n) is 10.7. The fourth-order valence-corrected chi connectivity index (χ4v) is 1.40. The Hall–Kier alpha value is -1.79. The first-order valence-electron chi connectivity index (χ1n) is 5.57. The molecule has 0 aliphatic rings. The normalized spacial score (nSPS) is 11.5. The minimum Gasteiger partial charge on any atom is -0.437 e. The van der Waals surface area contributed by atoms with Gasteiger partial charge >= 0.3 is 12.3 Å². The lowest BCUT2D eigenvalue weighted by Crippen LogP contribution is -2.14. The molecule has 0 amide bonds. The number of alkyl halides is 3. The molecule has 0 aliphatic carbocycles. The molecular formula is C12H14F3NO3. The molecule has 1 aromatic rings. The van der Waals surface area contributed by atoms with Gasteiger partial charge in [-0.25, -0.2) is 9.78 Å². The van der Waals surface area contributed by atoms with Gasteiger partial charge in [0.1, 0.15) is 5.69 Å². The lowest BCUT2D eigenvalue weighted by molar-refractivity contribution is -0.141. The molecule has 0 atom stereocenters. The van der Waals surface area contributed by atoms with E-state index >= 15 is 0 Å². The van der Waals surface area contributed by atoms with E-state index in [-0.39, 0.29) is 23.8 Å². The van der Waals surface area contributed by atoms with Gasteiger partial charge in [0.2, 0.25) is 0 Å². The van der Waals surface area contributed by atoms with Crippen LogP contribution in [0.4, 0.5) is 18.0 Å². The van der Waals surface area contributed by atoms with Crippen molar-refractivity contribution in [1.29, 1.82) is 0 Å². The maximum absolute atomic E-state index is 12.6. The number of carbonyl (C=O) groups excluding carboxylic acids is 1. The van der Waals surface area contributed by atoms with Crippen molar-refractivity contribution in [1.82, 2.24) is 4.98 Å². The Balaban J connectivity index is 3.13. The van der Waals surface area contributed by atoms with Crippen LogP contribution in [0.25, 0.3) is 0 Å². The zero-order valence-corrected chi connectivity index (χ0v) is 10.7. The zero-order chi connectivity index (χ0) is 14.6. The van der Waals surface area contributed by atoms with Gasteiger partial charge in [-0.3, -0.25) is 0 Å². The molecule has 0 aliphatic heterocycles. The lowest BCUT2D eigenvalue weighted by Gasteiger charge is -2.13. The Labute approximate surface area is 108 Å². The first kappa shape index (κ1) is 15.3. The van der Waals surface area contributed by atoms with Crippen molar-refractivity contribution >= 4 is 6.16 Å². The van der Waals surface area contributed by atoms with Crippen molar-refractivity contribution in [2.75, 3.05) is 7.11 Å². The summed E-state index contributed by atoms with van der Waals surface area (Å²) in [4.78, 5) is 14.5. The predicted molar refractivity (Wildman–Crippen MR) is 60.8 cm³/mol. The van der Waals surface area contributed by atoms with Crippen molar-refractivity contribution in [3.8, 4) is 5.75 Å². The standard InChI is InChI=1S/C12H14F3NO3/c1-7(2)6-8-9(19-11(17)18-3)4-5-10(16-8)12(13,14)15/h4-5,7H,6H2,1-3H3. The molecule has 7 heteroatoms. The van der Waals surface area contributed by atoms with Gasteiger partial charge in [-0.15, -0.1) is 0 Å². The summed E-state index contributed by atoms with van der Waals surface area (Å²) in [6, 6.07) is 1.84. The summed E-state index contributed by atoms with van der Waals surface area (Å²) in [6.07, 6.45) is -5.27. The van der Waals surface area contributed by atoms with Crippen LogP contribution < -0.4 is 4.74 Å². The van der Waals surface area contributed by atoms with Crippen LogP contribution in [-0.2, 0) is 17.3 Å². The van der Waals surface area contributed by atoms with Gasteiger partial charge in [-0.05, 0) is 24.5 Å². The van der Waals surface area contributed by atoms with Crippen LogP contribution in [0.3, 0.4) is 0 Å². The molecule has 0 spiro atoms. The third-order valence-electron chi connectivity index (χ3n) is 2.18. The molecule has 4 nitrogen and oxygen atoms in total. The molecule has 0 unspecified atom stereocenters. The van der Waals surface area contributed by atoms with E-state index in [1.807, 2.05) is 13.8 Å². The minimum absolute atomic E-state index is 0.0199. The van der Waals surface area contributed by atoms with E-state index in [2.05, 4.69) is 9.72 Å². The Morgan fingerprint density at radius 2 is 2.00 bits per heavy atom. The van der Waals surface area contributed by atoms with Crippen molar-refractivity contribution in [3.05, 3.63) is 23.5 Å². The molecule has 0 bridgehead atoms. The van der Waals surface area contributed by atoms with Crippen LogP contribution >= 0.6 is 0 Å². The summed E-state index contributed by atoms with van der Waals surface area (Å²) in [6.45, 7) is 3.65. The highest BCUT2D eigenvalue weighted by molar-refractivity contribution is 5.64. The van der Waals surface area contributed by atoms with Crippen LogP contribution in [0.1, 0.15) is 25.2 Å². The monoisotopic (exact) mass is 277 g/mol. The molecule has 1 aromatic heterocycles. The minimum atomic E-state index is -4.53. The fraction of sp³-hybridized carbons (Fsp3) is 0.500. The van der Waals surface area contributed by atoms with Gasteiger partial charge in [0.25, 0.3) is 0 Å². The molecule has 106 valence electrons. The molecule has 19 heavy (non-hydrogen) atoms. The van der Waals surface area contributed by atoms with Crippen LogP contribution in [0.5, 0.6) is 5.75 Å². The summed E-state index contributed by atoms with van der Waals surface area (Å²) in [5.41, 5.74) is -0.935. The van der Waals surface area contributed by atoms with Crippen LogP contribution in [0.15, 0.2) is 12.1 Å². The molecular weight excluding hydrogens is 263 g/mol. The van der Waals surface area contributed by atoms with Gasteiger partial charge in [0, 0.05) is 0 Å².